The lowest BCUT2D eigenvalue weighted by atomic mass is 9.79. The number of benzene rings is 2. The molecule has 0 fully saturated rings. The van der Waals surface area contributed by atoms with E-state index in [9.17, 15) is 0 Å². The van der Waals surface area contributed by atoms with Crippen LogP contribution in [0.2, 0.25) is 0 Å². The van der Waals surface area contributed by atoms with Crippen molar-refractivity contribution in [1.82, 2.24) is 4.98 Å². The topological polar surface area (TPSA) is 12.9 Å². The number of allylic oxidation sites excluding steroid dienone is 4. The first kappa shape index (κ1) is 13.7. The average Bonchev–Trinajstić information content (AvgIpc) is 2.67. The molecule has 116 valence electrons. The highest BCUT2D eigenvalue weighted by atomic mass is 14.6. The molecule has 1 nitrogen and oxygen atoms in total. The molecule has 1 aromatic heterocycles. The smallest absolute Gasteiger partial charge is 0.0273 e. The van der Waals surface area contributed by atoms with Gasteiger partial charge >= 0.3 is 0 Å². The Morgan fingerprint density at radius 2 is 1.67 bits per heavy atom. The third kappa shape index (κ3) is 2.12. The molecule has 1 heterocycles. The van der Waals surface area contributed by atoms with Crippen molar-refractivity contribution in [3.05, 3.63) is 83.7 Å². The van der Waals surface area contributed by atoms with Crippen LogP contribution in [0.3, 0.4) is 0 Å². The highest BCUT2D eigenvalue weighted by molar-refractivity contribution is 5.96. The predicted molar refractivity (Wildman–Crippen MR) is 101 cm³/mol. The summed E-state index contributed by atoms with van der Waals surface area (Å²) in [6.07, 6.45) is 13.2. The molecule has 1 heteroatoms. The molecule has 0 saturated heterocycles. The molecule has 0 radical (unpaired) electrons. The standard InChI is InChI=1S/C23H19N/c1-2-4-20-17(3-1)7-10-22-21(20)9-8-18-5-6-19(15-23(18)22)16-11-13-24-14-12-16/h2,4-6,8-9,11-15H,1,3,7,10H2. The number of aryl methyl sites for hydroxylation is 1. The van der Waals surface area contributed by atoms with Gasteiger partial charge in [0.25, 0.3) is 0 Å². The monoisotopic (exact) mass is 309 g/mol. The molecule has 0 N–H and O–H groups in total. The summed E-state index contributed by atoms with van der Waals surface area (Å²) in [6, 6.07) is 15.6. The summed E-state index contributed by atoms with van der Waals surface area (Å²) < 4.78 is 0. The highest BCUT2D eigenvalue weighted by Gasteiger charge is 2.20. The molecule has 5 rings (SSSR count). The summed E-state index contributed by atoms with van der Waals surface area (Å²) in [4.78, 5) is 4.13. The summed E-state index contributed by atoms with van der Waals surface area (Å²) in [5.74, 6) is 0. The lowest BCUT2D eigenvalue weighted by Gasteiger charge is -2.25. The van der Waals surface area contributed by atoms with Crippen LogP contribution in [0.5, 0.6) is 0 Å². The molecule has 2 aliphatic carbocycles. The van der Waals surface area contributed by atoms with E-state index in [1.54, 1.807) is 5.57 Å². The maximum Gasteiger partial charge on any atom is 0.0273 e. The van der Waals surface area contributed by atoms with Crippen LogP contribution in [-0.4, -0.2) is 4.98 Å². The number of rotatable bonds is 1. The second-order valence-corrected chi connectivity index (χ2v) is 6.72. The summed E-state index contributed by atoms with van der Waals surface area (Å²) in [5.41, 5.74) is 8.61. The minimum atomic E-state index is 1.17. The van der Waals surface area contributed by atoms with Crippen molar-refractivity contribution < 1.29 is 0 Å². The van der Waals surface area contributed by atoms with Gasteiger partial charge in [-0.3, -0.25) is 4.98 Å². The Balaban J connectivity index is 1.73. The van der Waals surface area contributed by atoms with Crippen molar-refractivity contribution in [2.45, 2.75) is 25.7 Å². The minimum absolute atomic E-state index is 1.17. The van der Waals surface area contributed by atoms with Crippen LogP contribution in [0, 0.1) is 0 Å². The molecule has 2 aliphatic rings. The second kappa shape index (κ2) is 5.45. The van der Waals surface area contributed by atoms with E-state index in [1.807, 2.05) is 12.4 Å². The van der Waals surface area contributed by atoms with Crippen molar-refractivity contribution in [2.75, 3.05) is 0 Å². The zero-order valence-electron chi connectivity index (χ0n) is 13.6. The SMILES string of the molecule is C1=CC2=C(CC1)CCc1c2ccc2ccc(-c3ccncc3)cc12. The van der Waals surface area contributed by atoms with Crippen molar-refractivity contribution in [3.63, 3.8) is 0 Å². The van der Waals surface area contributed by atoms with Crippen LogP contribution < -0.4 is 0 Å². The van der Waals surface area contributed by atoms with Gasteiger partial charge in [-0.1, -0.05) is 42.0 Å². The van der Waals surface area contributed by atoms with E-state index in [2.05, 4.69) is 59.6 Å². The molecular weight excluding hydrogens is 290 g/mol. The van der Waals surface area contributed by atoms with E-state index in [-0.39, 0.29) is 0 Å². The summed E-state index contributed by atoms with van der Waals surface area (Å²) in [7, 11) is 0. The molecule has 0 amide bonds. The predicted octanol–water partition coefficient (Wildman–Crippen LogP) is 5.95. The fourth-order valence-corrected chi connectivity index (χ4v) is 4.15. The molecule has 24 heavy (non-hydrogen) atoms. The zero-order chi connectivity index (χ0) is 15.9. The number of hydrogen-bond acceptors (Lipinski definition) is 1. The lowest BCUT2D eigenvalue weighted by molar-refractivity contribution is 0.831. The molecule has 3 aromatic rings. The molecule has 0 bridgehead atoms. The molecule has 2 aromatic carbocycles. The Hall–Kier alpha value is -2.67. The first-order valence-corrected chi connectivity index (χ1v) is 8.75. The third-order valence-electron chi connectivity index (χ3n) is 5.39. The van der Waals surface area contributed by atoms with Gasteiger partial charge in [-0.2, -0.15) is 0 Å². The normalized spacial score (nSPS) is 16.2. The average molecular weight is 309 g/mol. The number of hydrogen-bond donors (Lipinski definition) is 0. The van der Waals surface area contributed by atoms with Crippen LogP contribution in [0.1, 0.15) is 30.4 Å². The van der Waals surface area contributed by atoms with Gasteiger partial charge in [0.05, 0.1) is 0 Å². The maximum absolute atomic E-state index is 4.13. The van der Waals surface area contributed by atoms with Gasteiger partial charge in [0.15, 0.2) is 0 Å². The largest absolute Gasteiger partial charge is 0.265 e. The van der Waals surface area contributed by atoms with Crippen LogP contribution in [-0.2, 0) is 6.42 Å². The quantitative estimate of drug-likeness (QED) is 0.541. The molecule has 0 aliphatic heterocycles. The summed E-state index contributed by atoms with van der Waals surface area (Å²) >= 11 is 0. The van der Waals surface area contributed by atoms with Crippen molar-refractivity contribution in [1.29, 1.82) is 0 Å². The van der Waals surface area contributed by atoms with Crippen molar-refractivity contribution in [2.24, 2.45) is 0 Å². The maximum atomic E-state index is 4.13. The lowest BCUT2D eigenvalue weighted by Crippen LogP contribution is -2.07. The van der Waals surface area contributed by atoms with Crippen LogP contribution >= 0.6 is 0 Å². The summed E-state index contributed by atoms with van der Waals surface area (Å²) in [5, 5.41) is 2.75. The molecule has 0 atom stereocenters. The third-order valence-corrected chi connectivity index (χ3v) is 5.39. The first-order valence-electron chi connectivity index (χ1n) is 8.75. The van der Waals surface area contributed by atoms with E-state index in [0.717, 1.165) is 0 Å². The summed E-state index contributed by atoms with van der Waals surface area (Å²) in [6.45, 7) is 0. The highest BCUT2D eigenvalue weighted by Crippen LogP contribution is 2.40. The minimum Gasteiger partial charge on any atom is -0.265 e. The van der Waals surface area contributed by atoms with E-state index in [1.165, 1.54) is 64.3 Å². The van der Waals surface area contributed by atoms with Crippen molar-refractivity contribution in [3.8, 4) is 11.1 Å². The first-order chi connectivity index (χ1) is 11.9. The van der Waals surface area contributed by atoms with Gasteiger partial charge in [-0.25, -0.2) is 0 Å². The van der Waals surface area contributed by atoms with E-state index >= 15 is 0 Å². The van der Waals surface area contributed by atoms with E-state index in [4.69, 9.17) is 0 Å². The Bertz CT molecular complexity index is 993. The number of nitrogens with zero attached hydrogens (tertiary/aromatic N) is 1. The van der Waals surface area contributed by atoms with Crippen LogP contribution in [0.4, 0.5) is 0 Å². The van der Waals surface area contributed by atoms with Crippen LogP contribution in [0.25, 0.3) is 27.5 Å². The van der Waals surface area contributed by atoms with Gasteiger partial charge in [0.2, 0.25) is 0 Å². The van der Waals surface area contributed by atoms with E-state index in [0.29, 0.717) is 0 Å². The van der Waals surface area contributed by atoms with Gasteiger partial charge in [-0.15, -0.1) is 0 Å². The number of aromatic nitrogens is 1. The van der Waals surface area contributed by atoms with Crippen molar-refractivity contribution >= 4 is 16.3 Å². The van der Waals surface area contributed by atoms with E-state index < -0.39 is 0 Å². The number of fused-ring (bicyclic) bond motifs is 4. The van der Waals surface area contributed by atoms with Gasteiger partial charge in [-0.05, 0) is 82.5 Å². The Morgan fingerprint density at radius 1 is 0.792 bits per heavy atom. The molecule has 0 spiro atoms. The fourth-order valence-electron chi connectivity index (χ4n) is 4.15. The van der Waals surface area contributed by atoms with Gasteiger partial charge in [0.1, 0.15) is 0 Å². The Morgan fingerprint density at radius 3 is 2.58 bits per heavy atom. The zero-order valence-corrected chi connectivity index (χ0v) is 13.6. The fraction of sp³-hybridized carbons (Fsp3) is 0.174. The second-order valence-electron chi connectivity index (χ2n) is 6.72. The molecular formula is C23H19N. The molecule has 0 unspecified atom stereocenters. The van der Waals surface area contributed by atoms with Gasteiger partial charge in [0, 0.05) is 12.4 Å². The Kier molecular flexibility index (Phi) is 3.12. The van der Waals surface area contributed by atoms with Gasteiger partial charge < -0.3 is 0 Å². The molecule has 0 saturated carbocycles. The number of pyridine rings is 1. The Labute approximate surface area is 142 Å². The van der Waals surface area contributed by atoms with Crippen LogP contribution in [0.15, 0.2) is 72.6 Å².